The topological polar surface area (TPSA) is 85.0 Å². The summed E-state index contributed by atoms with van der Waals surface area (Å²) in [6.45, 7) is 4.22. The number of carbonyl (C=O) groups excluding carboxylic acids is 1. The molecule has 0 spiro atoms. The number of benzene rings is 1. The lowest BCUT2D eigenvalue weighted by Crippen LogP contribution is -2.45. The van der Waals surface area contributed by atoms with Gasteiger partial charge in [0.2, 0.25) is 0 Å². The van der Waals surface area contributed by atoms with E-state index >= 15 is 0 Å². The van der Waals surface area contributed by atoms with Gasteiger partial charge < -0.3 is 20.3 Å². The van der Waals surface area contributed by atoms with Gasteiger partial charge in [0.1, 0.15) is 5.75 Å². The number of hydrogen-bond donors (Lipinski definition) is 2. The van der Waals surface area contributed by atoms with Crippen LogP contribution in [-0.4, -0.2) is 38.1 Å². The number of aliphatic hydroxyl groups is 1. The van der Waals surface area contributed by atoms with E-state index in [0.29, 0.717) is 24.6 Å². The van der Waals surface area contributed by atoms with E-state index in [0.717, 1.165) is 11.1 Å². The van der Waals surface area contributed by atoms with Crippen molar-refractivity contribution in [3.63, 3.8) is 0 Å². The lowest BCUT2D eigenvalue weighted by Gasteiger charge is -2.37. The molecule has 2 atom stereocenters. The summed E-state index contributed by atoms with van der Waals surface area (Å²) in [5.74, 6) is 0.479. The zero-order chi connectivity index (χ0) is 15.6. The molecule has 0 saturated carbocycles. The second-order valence-electron chi connectivity index (χ2n) is 5.16. The van der Waals surface area contributed by atoms with Crippen LogP contribution in [0.2, 0.25) is 0 Å². The highest BCUT2D eigenvalue weighted by molar-refractivity contribution is 5.90. The molecular formula is C15H22N2O4. The van der Waals surface area contributed by atoms with Crippen molar-refractivity contribution in [1.29, 1.82) is 0 Å². The Bertz CT molecular complexity index is 533. The third-order valence-corrected chi connectivity index (χ3v) is 3.84. The lowest BCUT2D eigenvalue weighted by atomic mass is 9.87. The highest BCUT2D eigenvalue weighted by Crippen LogP contribution is 2.39. The Morgan fingerprint density at radius 1 is 1.52 bits per heavy atom. The Kier molecular flexibility index (Phi) is 4.69. The summed E-state index contributed by atoms with van der Waals surface area (Å²) in [4.78, 5) is 13.7. The molecule has 1 aliphatic rings. The van der Waals surface area contributed by atoms with Crippen molar-refractivity contribution in [2.75, 3.05) is 31.8 Å². The third kappa shape index (κ3) is 2.82. The van der Waals surface area contributed by atoms with Gasteiger partial charge >= 0.3 is 6.09 Å². The highest BCUT2D eigenvalue weighted by Gasteiger charge is 2.35. The maximum atomic E-state index is 12.2. The van der Waals surface area contributed by atoms with E-state index in [4.69, 9.17) is 15.2 Å². The molecule has 2 rings (SSSR count). The standard InChI is InChI=1S/C15H22N2O4/c1-4-21-15(19)17-7-10(8-18)14(16)11-5-9(2)13(20-3)6-12(11)17/h5-6,10,14,18H,4,7-8,16H2,1-3H3/t10-,14+/m1/s1. The molecule has 6 heteroatoms. The Morgan fingerprint density at radius 3 is 2.81 bits per heavy atom. The number of ether oxygens (including phenoxy) is 2. The molecule has 1 heterocycles. The number of rotatable bonds is 3. The number of hydrogen-bond acceptors (Lipinski definition) is 5. The van der Waals surface area contributed by atoms with Gasteiger partial charge in [0.15, 0.2) is 0 Å². The molecule has 0 bridgehead atoms. The minimum absolute atomic E-state index is 0.0818. The average Bonchev–Trinajstić information content (AvgIpc) is 2.48. The molecule has 0 saturated heterocycles. The largest absolute Gasteiger partial charge is 0.496 e. The number of fused-ring (bicyclic) bond motifs is 1. The fourth-order valence-corrected chi connectivity index (χ4v) is 2.67. The molecule has 1 aromatic rings. The van der Waals surface area contributed by atoms with Gasteiger partial charge in [-0.15, -0.1) is 0 Å². The van der Waals surface area contributed by atoms with Crippen molar-refractivity contribution in [1.82, 2.24) is 0 Å². The van der Waals surface area contributed by atoms with Crippen molar-refractivity contribution >= 4 is 11.8 Å². The van der Waals surface area contributed by atoms with Gasteiger partial charge in [-0.3, -0.25) is 4.90 Å². The van der Waals surface area contributed by atoms with Crippen LogP contribution in [0, 0.1) is 12.8 Å². The van der Waals surface area contributed by atoms with E-state index in [2.05, 4.69) is 0 Å². The SMILES string of the molecule is CCOC(=O)N1C[C@H](CO)[C@H](N)c2cc(C)c(OC)cc21. The molecule has 6 nitrogen and oxygen atoms in total. The number of carbonyl (C=O) groups is 1. The van der Waals surface area contributed by atoms with Crippen LogP contribution in [0.1, 0.15) is 24.1 Å². The molecule has 116 valence electrons. The number of methoxy groups -OCH3 is 1. The number of anilines is 1. The smallest absolute Gasteiger partial charge is 0.414 e. The zero-order valence-electron chi connectivity index (χ0n) is 12.6. The second kappa shape index (κ2) is 6.32. The van der Waals surface area contributed by atoms with E-state index in [-0.39, 0.29) is 18.6 Å². The van der Waals surface area contributed by atoms with Crippen molar-refractivity contribution in [2.24, 2.45) is 11.7 Å². The Balaban J connectivity index is 2.51. The molecule has 0 unspecified atom stereocenters. The number of amides is 1. The van der Waals surface area contributed by atoms with Gasteiger partial charge in [0.25, 0.3) is 0 Å². The summed E-state index contributed by atoms with van der Waals surface area (Å²) < 4.78 is 10.4. The van der Waals surface area contributed by atoms with E-state index in [1.807, 2.05) is 13.0 Å². The summed E-state index contributed by atoms with van der Waals surface area (Å²) in [6.07, 6.45) is -0.435. The Hall–Kier alpha value is -1.79. The quantitative estimate of drug-likeness (QED) is 0.884. The molecule has 1 aromatic carbocycles. The minimum atomic E-state index is -0.435. The summed E-state index contributed by atoms with van der Waals surface area (Å²) in [5.41, 5.74) is 8.67. The van der Waals surface area contributed by atoms with Crippen molar-refractivity contribution in [2.45, 2.75) is 19.9 Å². The lowest BCUT2D eigenvalue weighted by molar-refractivity contribution is 0.151. The number of nitrogens with two attached hydrogens (primary N) is 1. The number of aliphatic hydroxyl groups excluding tert-OH is 1. The molecule has 1 amide bonds. The minimum Gasteiger partial charge on any atom is -0.496 e. The first kappa shape index (κ1) is 15.6. The van der Waals surface area contributed by atoms with Gasteiger partial charge in [-0.25, -0.2) is 4.79 Å². The normalized spacial score (nSPS) is 20.9. The summed E-state index contributed by atoms with van der Waals surface area (Å²) in [7, 11) is 1.59. The fraction of sp³-hybridized carbons (Fsp3) is 0.533. The maximum Gasteiger partial charge on any atom is 0.414 e. The van der Waals surface area contributed by atoms with E-state index < -0.39 is 6.09 Å². The second-order valence-corrected chi connectivity index (χ2v) is 5.16. The first-order valence-corrected chi connectivity index (χ1v) is 7.02. The van der Waals surface area contributed by atoms with Gasteiger partial charge in [-0.2, -0.15) is 0 Å². The van der Waals surface area contributed by atoms with Crippen LogP contribution in [0.15, 0.2) is 12.1 Å². The van der Waals surface area contributed by atoms with Crippen molar-refractivity contribution in [3.8, 4) is 5.75 Å². The predicted molar refractivity (Wildman–Crippen MR) is 79.6 cm³/mol. The van der Waals surface area contributed by atoms with Crippen LogP contribution in [0.5, 0.6) is 5.75 Å². The Morgan fingerprint density at radius 2 is 2.24 bits per heavy atom. The highest BCUT2D eigenvalue weighted by atomic mass is 16.6. The number of aryl methyl sites for hydroxylation is 1. The van der Waals surface area contributed by atoms with Crippen LogP contribution in [0.4, 0.5) is 10.5 Å². The molecule has 3 N–H and O–H groups in total. The molecule has 21 heavy (non-hydrogen) atoms. The number of nitrogens with zero attached hydrogens (tertiary/aromatic N) is 1. The van der Waals surface area contributed by atoms with E-state index in [9.17, 15) is 9.90 Å². The van der Waals surface area contributed by atoms with E-state index in [1.165, 1.54) is 4.90 Å². The third-order valence-electron chi connectivity index (χ3n) is 3.84. The maximum absolute atomic E-state index is 12.2. The van der Waals surface area contributed by atoms with Crippen molar-refractivity contribution < 1.29 is 19.4 Å². The molecule has 0 radical (unpaired) electrons. The van der Waals surface area contributed by atoms with Crippen LogP contribution >= 0.6 is 0 Å². The predicted octanol–water partition coefficient (Wildman–Crippen LogP) is 1.59. The van der Waals surface area contributed by atoms with Gasteiger partial charge in [0, 0.05) is 31.2 Å². The summed E-state index contributed by atoms with van der Waals surface area (Å²) >= 11 is 0. The molecule has 1 aliphatic heterocycles. The van der Waals surface area contributed by atoms with Gasteiger partial charge in [-0.1, -0.05) is 0 Å². The van der Waals surface area contributed by atoms with Crippen LogP contribution < -0.4 is 15.4 Å². The first-order chi connectivity index (χ1) is 10.0. The summed E-state index contributed by atoms with van der Waals surface area (Å²) in [6, 6.07) is 3.39. The first-order valence-electron chi connectivity index (χ1n) is 7.02. The molecule has 0 fully saturated rings. The van der Waals surface area contributed by atoms with Crippen LogP contribution in [0.3, 0.4) is 0 Å². The molecular weight excluding hydrogens is 272 g/mol. The van der Waals surface area contributed by atoms with E-state index in [1.54, 1.807) is 20.1 Å². The monoisotopic (exact) mass is 294 g/mol. The van der Waals surface area contributed by atoms with Crippen molar-refractivity contribution in [3.05, 3.63) is 23.3 Å². The summed E-state index contributed by atoms with van der Waals surface area (Å²) in [5, 5.41) is 9.50. The van der Waals surface area contributed by atoms with Gasteiger partial charge in [0.05, 0.1) is 19.4 Å². The average molecular weight is 294 g/mol. The zero-order valence-corrected chi connectivity index (χ0v) is 12.6. The van der Waals surface area contributed by atoms with Crippen LogP contribution in [-0.2, 0) is 4.74 Å². The molecule has 0 aromatic heterocycles. The molecule has 0 aliphatic carbocycles. The van der Waals surface area contributed by atoms with Gasteiger partial charge in [-0.05, 0) is 31.0 Å². The fourth-order valence-electron chi connectivity index (χ4n) is 2.67. The Labute approximate surface area is 124 Å². The van der Waals surface area contributed by atoms with Crippen LogP contribution in [0.25, 0.3) is 0 Å².